The van der Waals surface area contributed by atoms with Gasteiger partial charge >= 0.3 is 5.97 Å². The molecule has 100 valence electrons. The number of nitrogens with two attached hydrogens (primary N) is 1. The van der Waals surface area contributed by atoms with E-state index < -0.39 is 5.97 Å². The fourth-order valence-corrected chi connectivity index (χ4v) is 1.54. The van der Waals surface area contributed by atoms with Crippen LogP contribution in [0.15, 0.2) is 40.8 Å². The fourth-order valence-electron chi connectivity index (χ4n) is 1.54. The molecule has 1 aromatic carbocycles. The van der Waals surface area contributed by atoms with Gasteiger partial charge in [0.25, 0.3) is 0 Å². The molecule has 0 amide bonds. The van der Waals surface area contributed by atoms with Gasteiger partial charge in [0.05, 0.1) is 13.7 Å². The second-order valence-corrected chi connectivity index (χ2v) is 3.89. The zero-order chi connectivity index (χ0) is 13.7. The summed E-state index contributed by atoms with van der Waals surface area (Å²) < 4.78 is 15.4. The number of carbonyl (C=O) groups is 1. The Kier molecular flexibility index (Phi) is 4.20. The highest BCUT2D eigenvalue weighted by atomic mass is 16.5. The van der Waals surface area contributed by atoms with E-state index in [2.05, 4.69) is 0 Å². The van der Waals surface area contributed by atoms with Crippen LogP contribution in [-0.2, 0) is 17.9 Å². The predicted molar refractivity (Wildman–Crippen MR) is 68.7 cm³/mol. The van der Waals surface area contributed by atoms with Crippen LogP contribution >= 0.6 is 0 Å². The first kappa shape index (κ1) is 13.2. The number of esters is 1. The standard InChI is InChI=1S/C14H15NO4/c1-17-11-4-2-10(3-5-11)9-18-14(16)13-7-6-12(8-15)19-13/h2-7H,8-9,15H2,1H3. The summed E-state index contributed by atoms with van der Waals surface area (Å²) in [5.74, 6) is 0.967. The topological polar surface area (TPSA) is 74.7 Å². The lowest BCUT2D eigenvalue weighted by atomic mass is 10.2. The molecule has 5 heteroatoms. The minimum absolute atomic E-state index is 0.161. The maximum Gasteiger partial charge on any atom is 0.374 e. The van der Waals surface area contributed by atoms with E-state index in [1.54, 1.807) is 19.2 Å². The van der Waals surface area contributed by atoms with Crippen LogP contribution in [0.2, 0.25) is 0 Å². The minimum atomic E-state index is -0.504. The quantitative estimate of drug-likeness (QED) is 0.834. The summed E-state index contributed by atoms with van der Waals surface area (Å²) in [6, 6.07) is 10.5. The highest BCUT2D eigenvalue weighted by molar-refractivity contribution is 5.86. The van der Waals surface area contributed by atoms with Gasteiger partial charge in [-0.15, -0.1) is 0 Å². The number of ether oxygens (including phenoxy) is 2. The van der Waals surface area contributed by atoms with Crippen molar-refractivity contribution in [2.24, 2.45) is 5.73 Å². The lowest BCUT2D eigenvalue weighted by Crippen LogP contribution is -2.04. The summed E-state index contributed by atoms with van der Waals surface area (Å²) in [4.78, 5) is 11.7. The average Bonchev–Trinajstić information content (AvgIpc) is 2.94. The average molecular weight is 261 g/mol. The highest BCUT2D eigenvalue weighted by Gasteiger charge is 2.12. The molecule has 0 aliphatic rings. The van der Waals surface area contributed by atoms with Crippen LogP contribution in [0.25, 0.3) is 0 Å². The van der Waals surface area contributed by atoms with Crippen molar-refractivity contribution in [1.29, 1.82) is 0 Å². The van der Waals surface area contributed by atoms with Crippen molar-refractivity contribution in [1.82, 2.24) is 0 Å². The molecule has 1 aromatic heterocycles. The van der Waals surface area contributed by atoms with Crippen LogP contribution in [0.3, 0.4) is 0 Å². The summed E-state index contributed by atoms with van der Waals surface area (Å²) in [7, 11) is 1.60. The van der Waals surface area contributed by atoms with Crippen molar-refractivity contribution in [3.63, 3.8) is 0 Å². The maximum atomic E-state index is 11.7. The first-order valence-corrected chi connectivity index (χ1v) is 5.81. The van der Waals surface area contributed by atoms with Gasteiger partial charge in [0.1, 0.15) is 18.1 Å². The minimum Gasteiger partial charge on any atom is -0.497 e. The molecular formula is C14H15NO4. The Hall–Kier alpha value is -2.27. The first-order chi connectivity index (χ1) is 9.22. The molecule has 0 unspecified atom stereocenters. The first-order valence-electron chi connectivity index (χ1n) is 5.81. The number of methoxy groups -OCH3 is 1. The van der Waals surface area contributed by atoms with E-state index in [9.17, 15) is 4.79 Å². The third kappa shape index (κ3) is 3.35. The van der Waals surface area contributed by atoms with Crippen LogP contribution in [0.5, 0.6) is 5.75 Å². The molecule has 0 atom stereocenters. The smallest absolute Gasteiger partial charge is 0.374 e. The van der Waals surface area contributed by atoms with Gasteiger partial charge in [-0.3, -0.25) is 0 Å². The summed E-state index contributed by atoms with van der Waals surface area (Å²) in [5.41, 5.74) is 6.27. The summed E-state index contributed by atoms with van der Waals surface area (Å²) >= 11 is 0. The Morgan fingerprint density at radius 3 is 2.53 bits per heavy atom. The van der Waals surface area contributed by atoms with Crippen LogP contribution in [0, 0.1) is 0 Å². The Bertz CT molecular complexity index is 545. The SMILES string of the molecule is COc1ccc(COC(=O)c2ccc(CN)o2)cc1. The molecule has 0 fully saturated rings. The monoisotopic (exact) mass is 261 g/mol. The Morgan fingerprint density at radius 1 is 1.21 bits per heavy atom. The van der Waals surface area contributed by atoms with Gasteiger partial charge < -0.3 is 19.6 Å². The molecule has 0 saturated heterocycles. The number of furan rings is 1. The van der Waals surface area contributed by atoms with Crippen molar-refractivity contribution in [2.75, 3.05) is 7.11 Å². The number of hydrogen-bond donors (Lipinski definition) is 1. The molecule has 19 heavy (non-hydrogen) atoms. The van der Waals surface area contributed by atoms with Crippen LogP contribution in [0.1, 0.15) is 21.9 Å². The summed E-state index contributed by atoms with van der Waals surface area (Å²) in [6.07, 6.45) is 0. The molecule has 2 aromatic rings. The molecule has 0 spiro atoms. The Morgan fingerprint density at radius 2 is 1.95 bits per heavy atom. The lowest BCUT2D eigenvalue weighted by molar-refractivity contribution is 0.0434. The van der Waals surface area contributed by atoms with Crippen LogP contribution in [0.4, 0.5) is 0 Å². The van der Waals surface area contributed by atoms with E-state index in [0.29, 0.717) is 5.76 Å². The second-order valence-electron chi connectivity index (χ2n) is 3.89. The van der Waals surface area contributed by atoms with E-state index >= 15 is 0 Å². The number of carbonyl (C=O) groups excluding carboxylic acids is 1. The van der Waals surface area contributed by atoms with Gasteiger partial charge in [-0.05, 0) is 29.8 Å². The largest absolute Gasteiger partial charge is 0.497 e. The van der Waals surface area contributed by atoms with E-state index in [-0.39, 0.29) is 18.9 Å². The van der Waals surface area contributed by atoms with Gasteiger partial charge in [-0.25, -0.2) is 4.79 Å². The van der Waals surface area contributed by atoms with Crippen molar-refractivity contribution in [3.05, 3.63) is 53.5 Å². The molecule has 2 rings (SSSR count). The second kappa shape index (κ2) is 6.06. The van der Waals surface area contributed by atoms with Crippen molar-refractivity contribution < 1.29 is 18.7 Å². The van der Waals surface area contributed by atoms with Crippen molar-refractivity contribution in [3.8, 4) is 5.75 Å². The van der Waals surface area contributed by atoms with E-state index in [0.717, 1.165) is 11.3 Å². The number of hydrogen-bond acceptors (Lipinski definition) is 5. The zero-order valence-corrected chi connectivity index (χ0v) is 10.6. The lowest BCUT2D eigenvalue weighted by Gasteiger charge is -2.04. The third-order valence-electron chi connectivity index (χ3n) is 2.59. The number of benzene rings is 1. The van der Waals surface area contributed by atoms with E-state index in [4.69, 9.17) is 19.6 Å². The molecule has 0 aliphatic heterocycles. The van der Waals surface area contributed by atoms with Crippen molar-refractivity contribution in [2.45, 2.75) is 13.2 Å². The van der Waals surface area contributed by atoms with Gasteiger partial charge in [0.15, 0.2) is 0 Å². The highest BCUT2D eigenvalue weighted by Crippen LogP contribution is 2.13. The fraction of sp³-hybridized carbons (Fsp3) is 0.214. The third-order valence-corrected chi connectivity index (χ3v) is 2.59. The van der Waals surface area contributed by atoms with E-state index in [1.807, 2.05) is 24.3 Å². The summed E-state index contributed by atoms with van der Waals surface area (Å²) in [6.45, 7) is 0.438. The van der Waals surface area contributed by atoms with Crippen molar-refractivity contribution >= 4 is 5.97 Å². The molecule has 0 bridgehead atoms. The summed E-state index contributed by atoms with van der Waals surface area (Å²) in [5, 5.41) is 0. The van der Waals surface area contributed by atoms with Crippen LogP contribution in [-0.4, -0.2) is 13.1 Å². The molecule has 5 nitrogen and oxygen atoms in total. The molecule has 0 saturated carbocycles. The van der Waals surface area contributed by atoms with E-state index in [1.165, 1.54) is 0 Å². The van der Waals surface area contributed by atoms with Gasteiger partial charge in [0, 0.05) is 0 Å². The number of rotatable bonds is 5. The van der Waals surface area contributed by atoms with Gasteiger partial charge in [-0.1, -0.05) is 12.1 Å². The van der Waals surface area contributed by atoms with Gasteiger partial charge in [0.2, 0.25) is 5.76 Å². The molecular weight excluding hydrogens is 246 g/mol. The predicted octanol–water partition coefficient (Wildman–Crippen LogP) is 2.10. The Balaban J connectivity index is 1.92. The van der Waals surface area contributed by atoms with Gasteiger partial charge in [-0.2, -0.15) is 0 Å². The molecule has 2 N–H and O–H groups in total. The zero-order valence-electron chi connectivity index (χ0n) is 10.6. The maximum absolute atomic E-state index is 11.7. The Labute approximate surface area is 110 Å². The molecule has 0 radical (unpaired) electrons. The van der Waals surface area contributed by atoms with Crippen LogP contribution < -0.4 is 10.5 Å². The normalized spacial score (nSPS) is 10.2. The molecule has 0 aliphatic carbocycles. The molecule has 1 heterocycles.